The van der Waals surface area contributed by atoms with Gasteiger partial charge in [0.2, 0.25) is 5.95 Å². The number of anilines is 1. The van der Waals surface area contributed by atoms with Crippen LogP contribution in [0.25, 0.3) is 11.3 Å². The molecule has 0 saturated carbocycles. The number of hydrogen-bond acceptors (Lipinski definition) is 4. The van der Waals surface area contributed by atoms with Crippen molar-refractivity contribution in [3.8, 4) is 17.0 Å². The Morgan fingerprint density at radius 2 is 1.82 bits per heavy atom. The van der Waals surface area contributed by atoms with Crippen LogP contribution in [0.2, 0.25) is 0 Å². The van der Waals surface area contributed by atoms with Crippen molar-refractivity contribution in [2.75, 3.05) is 12.8 Å². The quantitative estimate of drug-likeness (QED) is 0.752. The largest absolute Gasteiger partial charge is 0.497 e. The van der Waals surface area contributed by atoms with Gasteiger partial charge < -0.3 is 10.5 Å². The highest BCUT2D eigenvalue weighted by molar-refractivity contribution is 5.79. The smallest absolute Gasteiger partial charge is 0.221 e. The molecule has 2 N–H and O–H groups in total. The third kappa shape index (κ3) is 2.98. The van der Waals surface area contributed by atoms with E-state index in [2.05, 4.69) is 10.1 Å². The standard InChI is InChI=1S/C17H16N4O/c1-22-15-9-7-13(8-10-15)11-19-21-12-16(20-17(21)18)14-5-3-2-4-6-14/h2-12H,1H3,(H2,18,20)/b19-11-. The molecule has 110 valence electrons. The fraction of sp³-hybridized carbons (Fsp3) is 0.0588. The Bertz CT molecular complexity index is 776. The lowest BCUT2D eigenvalue weighted by atomic mass is 10.2. The third-order valence-corrected chi connectivity index (χ3v) is 3.23. The van der Waals surface area contributed by atoms with Crippen molar-refractivity contribution in [3.05, 3.63) is 66.4 Å². The number of imidazole rings is 1. The molecule has 1 heterocycles. The summed E-state index contributed by atoms with van der Waals surface area (Å²) in [6, 6.07) is 17.5. The van der Waals surface area contributed by atoms with E-state index >= 15 is 0 Å². The molecule has 22 heavy (non-hydrogen) atoms. The minimum atomic E-state index is 0.351. The zero-order valence-corrected chi connectivity index (χ0v) is 12.2. The van der Waals surface area contributed by atoms with E-state index in [1.54, 1.807) is 18.0 Å². The van der Waals surface area contributed by atoms with E-state index in [4.69, 9.17) is 10.5 Å². The molecule has 0 radical (unpaired) electrons. The molecule has 5 nitrogen and oxygen atoms in total. The second kappa shape index (κ2) is 6.13. The maximum Gasteiger partial charge on any atom is 0.221 e. The number of aromatic nitrogens is 2. The summed E-state index contributed by atoms with van der Waals surface area (Å²) in [5.74, 6) is 1.16. The van der Waals surface area contributed by atoms with Gasteiger partial charge in [-0.05, 0) is 29.8 Å². The van der Waals surface area contributed by atoms with Crippen molar-refractivity contribution in [1.29, 1.82) is 0 Å². The molecule has 1 aromatic heterocycles. The molecule has 0 atom stereocenters. The first-order valence-electron chi connectivity index (χ1n) is 6.85. The van der Waals surface area contributed by atoms with Gasteiger partial charge in [-0.2, -0.15) is 5.10 Å². The van der Waals surface area contributed by atoms with E-state index in [-0.39, 0.29) is 0 Å². The van der Waals surface area contributed by atoms with Crippen LogP contribution < -0.4 is 10.5 Å². The van der Waals surface area contributed by atoms with Gasteiger partial charge in [-0.25, -0.2) is 9.66 Å². The zero-order valence-electron chi connectivity index (χ0n) is 12.2. The molecule has 0 bridgehead atoms. The summed E-state index contributed by atoms with van der Waals surface area (Å²) in [4.78, 5) is 4.33. The van der Waals surface area contributed by atoms with Gasteiger partial charge in [-0.15, -0.1) is 0 Å². The summed E-state index contributed by atoms with van der Waals surface area (Å²) in [7, 11) is 1.64. The molecular weight excluding hydrogens is 276 g/mol. The highest BCUT2D eigenvalue weighted by atomic mass is 16.5. The van der Waals surface area contributed by atoms with Gasteiger partial charge in [-0.3, -0.25) is 0 Å². The number of ether oxygens (including phenoxy) is 1. The third-order valence-electron chi connectivity index (χ3n) is 3.23. The lowest BCUT2D eigenvalue weighted by molar-refractivity contribution is 0.415. The summed E-state index contributed by atoms with van der Waals surface area (Å²) in [6.45, 7) is 0. The van der Waals surface area contributed by atoms with Crippen LogP contribution in [-0.4, -0.2) is 23.0 Å². The van der Waals surface area contributed by atoms with Crippen LogP contribution in [0.15, 0.2) is 65.9 Å². The molecule has 3 aromatic rings. The van der Waals surface area contributed by atoms with Crippen molar-refractivity contribution in [3.63, 3.8) is 0 Å². The molecule has 0 fully saturated rings. The Morgan fingerprint density at radius 3 is 2.50 bits per heavy atom. The van der Waals surface area contributed by atoms with Crippen LogP contribution in [-0.2, 0) is 0 Å². The van der Waals surface area contributed by atoms with Crippen LogP contribution in [0.3, 0.4) is 0 Å². The summed E-state index contributed by atoms with van der Waals surface area (Å²) < 4.78 is 6.69. The predicted octanol–water partition coefficient (Wildman–Crippen LogP) is 3.02. The average molecular weight is 292 g/mol. The first-order valence-corrected chi connectivity index (χ1v) is 6.85. The maximum atomic E-state index is 5.91. The number of benzene rings is 2. The van der Waals surface area contributed by atoms with Crippen LogP contribution in [0.5, 0.6) is 5.75 Å². The Labute approximate surface area is 128 Å². The second-order valence-electron chi connectivity index (χ2n) is 4.71. The van der Waals surface area contributed by atoms with E-state index in [1.165, 1.54) is 0 Å². The van der Waals surface area contributed by atoms with E-state index in [9.17, 15) is 0 Å². The molecular formula is C17H16N4O. The summed E-state index contributed by atoms with van der Waals surface area (Å²) in [5.41, 5.74) is 8.66. The SMILES string of the molecule is COc1ccc(/C=N\n2cc(-c3ccccc3)nc2N)cc1. The van der Waals surface area contributed by atoms with Crippen LogP contribution in [0.4, 0.5) is 5.95 Å². The van der Waals surface area contributed by atoms with Gasteiger partial charge in [0.25, 0.3) is 0 Å². The summed E-state index contributed by atoms with van der Waals surface area (Å²) in [6.07, 6.45) is 3.54. The molecule has 0 aliphatic rings. The zero-order chi connectivity index (χ0) is 15.4. The number of methoxy groups -OCH3 is 1. The topological polar surface area (TPSA) is 65.4 Å². The van der Waals surface area contributed by atoms with Crippen molar-refractivity contribution in [1.82, 2.24) is 9.66 Å². The lowest BCUT2D eigenvalue weighted by Crippen LogP contribution is -1.96. The van der Waals surface area contributed by atoms with E-state index in [0.29, 0.717) is 5.95 Å². The summed E-state index contributed by atoms with van der Waals surface area (Å²) >= 11 is 0. The minimum Gasteiger partial charge on any atom is -0.497 e. The van der Waals surface area contributed by atoms with Gasteiger partial charge in [0.15, 0.2) is 0 Å². The predicted molar refractivity (Wildman–Crippen MR) is 88.1 cm³/mol. The molecule has 0 unspecified atom stereocenters. The minimum absolute atomic E-state index is 0.351. The van der Waals surface area contributed by atoms with Crippen molar-refractivity contribution in [2.45, 2.75) is 0 Å². The molecule has 0 aliphatic carbocycles. The lowest BCUT2D eigenvalue weighted by Gasteiger charge is -1.99. The molecule has 0 amide bonds. The molecule has 0 aliphatic heterocycles. The van der Waals surface area contributed by atoms with E-state index in [1.807, 2.05) is 60.8 Å². The van der Waals surface area contributed by atoms with Gasteiger partial charge in [0.1, 0.15) is 5.75 Å². The van der Waals surface area contributed by atoms with Gasteiger partial charge >= 0.3 is 0 Å². The fourth-order valence-corrected chi connectivity index (χ4v) is 2.04. The number of nitrogen functional groups attached to an aromatic ring is 1. The normalized spacial score (nSPS) is 11.0. The van der Waals surface area contributed by atoms with Crippen molar-refractivity contribution in [2.24, 2.45) is 5.10 Å². The number of nitrogens with zero attached hydrogens (tertiary/aromatic N) is 3. The van der Waals surface area contributed by atoms with Crippen LogP contribution in [0, 0.1) is 0 Å². The maximum absolute atomic E-state index is 5.91. The monoisotopic (exact) mass is 292 g/mol. The van der Waals surface area contributed by atoms with Crippen LogP contribution in [0.1, 0.15) is 5.56 Å². The Morgan fingerprint density at radius 1 is 1.09 bits per heavy atom. The summed E-state index contributed by atoms with van der Waals surface area (Å²) in [5, 5.41) is 4.34. The average Bonchev–Trinajstić information content (AvgIpc) is 2.95. The van der Waals surface area contributed by atoms with Crippen molar-refractivity contribution >= 4 is 12.2 Å². The van der Waals surface area contributed by atoms with Crippen LogP contribution >= 0.6 is 0 Å². The molecule has 2 aromatic carbocycles. The second-order valence-corrected chi connectivity index (χ2v) is 4.71. The fourth-order valence-electron chi connectivity index (χ4n) is 2.04. The number of rotatable bonds is 4. The first-order chi connectivity index (χ1) is 10.8. The van der Waals surface area contributed by atoms with Gasteiger partial charge in [-0.1, -0.05) is 30.3 Å². The molecule has 0 saturated heterocycles. The van der Waals surface area contributed by atoms with Gasteiger partial charge in [0, 0.05) is 5.56 Å². The highest BCUT2D eigenvalue weighted by Gasteiger charge is 2.05. The number of nitrogens with two attached hydrogens (primary N) is 1. The van der Waals surface area contributed by atoms with Gasteiger partial charge in [0.05, 0.1) is 25.2 Å². The molecule has 3 rings (SSSR count). The number of hydrogen-bond donors (Lipinski definition) is 1. The Hall–Kier alpha value is -3.08. The van der Waals surface area contributed by atoms with E-state index in [0.717, 1.165) is 22.6 Å². The highest BCUT2D eigenvalue weighted by Crippen LogP contribution is 2.19. The van der Waals surface area contributed by atoms with E-state index < -0.39 is 0 Å². The van der Waals surface area contributed by atoms with Crippen molar-refractivity contribution < 1.29 is 4.74 Å². The Balaban J connectivity index is 1.83. The Kier molecular flexibility index (Phi) is 3.87. The molecule has 5 heteroatoms. The first kappa shape index (κ1) is 13.9. The molecule has 0 spiro atoms.